The van der Waals surface area contributed by atoms with Gasteiger partial charge >= 0.3 is 0 Å². The first kappa shape index (κ1) is 30.6. The summed E-state index contributed by atoms with van der Waals surface area (Å²) in [6, 6.07) is 19.6. The zero-order chi connectivity index (χ0) is 28.4. The van der Waals surface area contributed by atoms with Crippen LogP contribution < -0.4 is 9.62 Å². The number of nitrogens with zero attached hydrogens (tertiary/aromatic N) is 2. The van der Waals surface area contributed by atoms with E-state index in [1.807, 2.05) is 6.92 Å². The molecule has 0 heterocycles. The molecule has 0 aliphatic rings. The summed E-state index contributed by atoms with van der Waals surface area (Å²) < 4.78 is 43.1. The lowest BCUT2D eigenvalue weighted by atomic mass is 10.1. The van der Waals surface area contributed by atoms with Crippen LogP contribution >= 0.6 is 22.6 Å². The Hall–Kier alpha value is -2.99. The summed E-state index contributed by atoms with van der Waals surface area (Å²) in [6.45, 7) is 3.79. The highest BCUT2D eigenvalue weighted by atomic mass is 127. The highest BCUT2D eigenvalue weighted by Crippen LogP contribution is 2.25. The first-order chi connectivity index (χ1) is 18.7. The maximum atomic E-state index is 13.9. The minimum Gasteiger partial charge on any atom is -0.354 e. The first-order valence-corrected chi connectivity index (χ1v) is 15.3. The number of hydrogen-bond donors (Lipinski definition) is 1. The minimum atomic E-state index is -4.11. The van der Waals surface area contributed by atoms with Crippen LogP contribution in [0.3, 0.4) is 0 Å². The third kappa shape index (κ3) is 8.25. The predicted octanol–water partition coefficient (Wildman–Crippen LogP) is 5.35. The van der Waals surface area contributed by atoms with Gasteiger partial charge < -0.3 is 10.2 Å². The standard InChI is InChI=1S/C29H33FIN3O4S/c1-3-5-19-32-29(36)27(4-2)33(20-22-11-13-23(30)14-12-22)28(35)21-34(25-17-15-24(31)16-18-25)39(37,38)26-9-7-6-8-10-26/h6-18,27H,3-5,19-21H2,1-2H3,(H,32,36). The van der Waals surface area contributed by atoms with Crippen molar-refractivity contribution >= 4 is 50.1 Å². The van der Waals surface area contributed by atoms with Crippen molar-refractivity contribution in [2.75, 3.05) is 17.4 Å². The molecule has 2 amide bonds. The number of carbonyl (C=O) groups excluding carboxylic acids is 2. The van der Waals surface area contributed by atoms with Crippen molar-refractivity contribution in [3.05, 3.63) is 93.8 Å². The second-order valence-corrected chi connectivity index (χ2v) is 12.1. The second-order valence-electron chi connectivity index (χ2n) is 9.02. The molecule has 10 heteroatoms. The highest BCUT2D eigenvalue weighted by Gasteiger charge is 2.33. The van der Waals surface area contributed by atoms with E-state index in [9.17, 15) is 22.4 Å². The maximum absolute atomic E-state index is 13.9. The molecular formula is C29H33FIN3O4S. The molecule has 7 nitrogen and oxygen atoms in total. The molecule has 0 spiro atoms. The lowest BCUT2D eigenvalue weighted by Gasteiger charge is -2.33. The largest absolute Gasteiger partial charge is 0.354 e. The van der Waals surface area contributed by atoms with E-state index in [1.54, 1.807) is 61.5 Å². The summed E-state index contributed by atoms with van der Waals surface area (Å²) in [5, 5.41) is 2.89. The van der Waals surface area contributed by atoms with E-state index in [2.05, 4.69) is 27.9 Å². The summed E-state index contributed by atoms with van der Waals surface area (Å²) in [5.41, 5.74) is 0.950. The number of carbonyl (C=O) groups is 2. The Morgan fingerprint density at radius 2 is 1.59 bits per heavy atom. The number of amides is 2. The third-order valence-corrected chi connectivity index (χ3v) is 8.71. The molecule has 208 valence electrons. The number of sulfonamides is 1. The van der Waals surface area contributed by atoms with Crippen LogP contribution in [0.25, 0.3) is 0 Å². The van der Waals surface area contributed by atoms with Crippen LogP contribution in [0, 0.1) is 9.39 Å². The van der Waals surface area contributed by atoms with Crippen molar-refractivity contribution in [2.24, 2.45) is 0 Å². The van der Waals surface area contributed by atoms with Crippen molar-refractivity contribution in [1.82, 2.24) is 10.2 Å². The Morgan fingerprint density at radius 1 is 0.949 bits per heavy atom. The molecule has 3 aromatic rings. The van der Waals surface area contributed by atoms with Gasteiger partial charge in [-0.05, 0) is 89.5 Å². The van der Waals surface area contributed by atoms with Crippen LogP contribution in [-0.4, -0.2) is 44.3 Å². The number of unbranched alkanes of at least 4 members (excludes halogenated alkanes) is 1. The van der Waals surface area contributed by atoms with Crippen molar-refractivity contribution < 1.29 is 22.4 Å². The smallest absolute Gasteiger partial charge is 0.264 e. The Balaban J connectivity index is 2.01. The van der Waals surface area contributed by atoms with Gasteiger partial charge in [-0.25, -0.2) is 12.8 Å². The zero-order valence-corrected chi connectivity index (χ0v) is 25.0. The fourth-order valence-electron chi connectivity index (χ4n) is 4.07. The molecular weight excluding hydrogens is 632 g/mol. The van der Waals surface area contributed by atoms with Crippen LogP contribution in [0.1, 0.15) is 38.7 Å². The van der Waals surface area contributed by atoms with E-state index >= 15 is 0 Å². The molecule has 0 fully saturated rings. The van der Waals surface area contributed by atoms with Gasteiger partial charge in [0.25, 0.3) is 10.0 Å². The van der Waals surface area contributed by atoms with E-state index in [0.717, 1.165) is 20.7 Å². The Bertz CT molecular complexity index is 1340. The maximum Gasteiger partial charge on any atom is 0.264 e. The van der Waals surface area contributed by atoms with Gasteiger partial charge in [-0.2, -0.15) is 0 Å². The molecule has 0 saturated carbocycles. The lowest BCUT2D eigenvalue weighted by Crippen LogP contribution is -2.52. The van der Waals surface area contributed by atoms with Gasteiger partial charge in [-0.3, -0.25) is 13.9 Å². The van der Waals surface area contributed by atoms with E-state index in [1.165, 1.54) is 29.2 Å². The van der Waals surface area contributed by atoms with Gasteiger partial charge in [0.05, 0.1) is 10.6 Å². The van der Waals surface area contributed by atoms with Crippen molar-refractivity contribution in [1.29, 1.82) is 0 Å². The molecule has 1 atom stereocenters. The summed E-state index contributed by atoms with van der Waals surface area (Å²) in [7, 11) is -4.11. The molecule has 3 rings (SSSR count). The van der Waals surface area contributed by atoms with E-state index in [0.29, 0.717) is 24.2 Å². The van der Waals surface area contributed by atoms with Crippen LogP contribution in [0.4, 0.5) is 10.1 Å². The van der Waals surface area contributed by atoms with E-state index in [4.69, 9.17) is 0 Å². The molecule has 3 aromatic carbocycles. The van der Waals surface area contributed by atoms with Gasteiger partial charge in [0.1, 0.15) is 18.4 Å². The van der Waals surface area contributed by atoms with Crippen molar-refractivity contribution in [3.8, 4) is 0 Å². The molecule has 0 radical (unpaired) electrons. The lowest BCUT2D eigenvalue weighted by molar-refractivity contribution is -0.140. The monoisotopic (exact) mass is 665 g/mol. The van der Waals surface area contributed by atoms with E-state index < -0.39 is 34.3 Å². The number of hydrogen-bond acceptors (Lipinski definition) is 4. The van der Waals surface area contributed by atoms with Gasteiger partial charge in [-0.1, -0.05) is 50.6 Å². The summed E-state index contributed by atoms with van der Waals surface area (Å²) >= 11 is 2.12. The Morgan fingerprint density at radius 3 is 2.18 bits per heavy atom. The Kier molecular flexibility index (Phi) is 11.3. The van der Waals surface area contributed by atoms with Crippen molar-refractivity contribution in [3.63, 3.8) is 0 Å². The van der Waals surface area contributed by atoms with E-state index in [-0.39, 0.29) is 17.3 Å². The molecule has 1 unspecified atom stereocenters. The molecule has 0 bridgehead atoms. The van der Waals surface area contributed by atoms with Gasteiger partial charge in [0, 0.05) is 16.7 Å². The van der Waals surface area contributed by atoms with Crippen LogP contribution in [-0.2, 0) is 26.2 Å². The fourth-order valence-corrected chi connectivity index (χ4v) is 5.86. The molecule has 0 aromatic heterocycles. The zero-order valence-electron chi connectivity index (χ0n) is 22.0. The molecule has 0 aliphatic heterocycles. The number of benzene rings is 3. The van der Waals surface area contributed by atoms with Crippen molar-refractivity contribution in [2.45, 2.75) is 50.6 Å². The quantitative estimate of drug-likeness (QED) is 0.197. The average Bonchev–Trinajstić information content (AvgIpc) is 2.93. The minimum absolute atomic E-state index is 0.0186. The number of anilines is 1. The number of halogens is 2. The third-order valence-electron chi connectivity index (χ3n) is 6.21. The SMILES string of the molecule is CCCCNC(=O)C(CC)N(Cc1ccc(F)cc1)C(=O)CN(c1ccc(I)cc1)S(=O)(=O)c1ccccc1. The van der Waals surface area contributed by atoms with Crippen LogP contribution in [0.2, 0.25) is 0 Å². The Labute approximate surface area is 243 Å². The predicted molar refractivity (Wildman–Crippen MR) is 159 cm³/mol. The summed E-state index contributed by atoms with van der Waals surface area (Å²) in [4.78, 5) is 28.5. The van der Waals surface area contributed by atoms with Gasteiger partial charge in [-0.15, -0.1) is 0 Å². The molecule has 39 heavy (non-hydrogen) atoms. The second kappa shape index (κ2) is 14.4. The first-order valence-electron chi connectivity index (χ1n) is 12.8. The molecule has 0 saturated heterocycles. The number of rotatable bonds is 13. The van der Waals surface area contributed by atoms with Gasteiger partial charge in [0.15, 0.2) is 0 Å². The summed E-state index contributed by atoms with van der Waals surface area (Å²) in [6.07, 6.45) is 2.02. The summed E-state index contributed by atoms with van der Waals surface area (Å²) in [5.74, 6) is -1.28. The number of nitrogens with one attached hydrogen (secondary N) is 1. The van der Waals surface area contributed by atoms with Crippen LogP contribution in [0.5, 0.6) is 0 Å². The van der Waals surface area contributed by atoms with Gasteiger partial charge in [0.2, 0.25) is 11.8 Å². The molecule has 1 N–H and O–H groups in total. The average molecular weight is 666 g/mol. The van der Waals surface area contributed by atoms with Crippen LogP contribution in [0.15, 0.2) is 83.8 Å². The fraction of sp³-hybridized carbons (Fsp3) is 0.310. The normalized spacial score (nSPS) is 12.0. The molecule has 0 aliphatic carbocycles. The highest BCUT2D eigenvalue weighted by molar-refractivity contribution is 14.1. The topological polar surface area (TPSA) is 86.8 Å².